The maximum Gasteiger partial charge on any atom is 0.245 e. The summed E-state index contributed by atoms with van der Waals surface area (Å²) in [4.78, 5) is 98.1. The highest BCUT2D eigenvalue weighted by Crippen LogP contribution is 2.27. The Labute approximate surface area is 367 Å². The normalized spacial score (nSPS) is 26.6. The number of aromatic nitrogens is 1. The standard InChI is InChI=1S/C40H59N9O11S2/c1-24-40(58)48-21-26(60-22-25-19-42-28-8-4-3-7-27(25)28)17-32(48)39(57)47-31(36(41)54)23-62-61-16-10-33(50)45-29(9-5-6-11-49(2)12-14-59-15-13-49)37(55)43-20-34(51)46-30(18-35(52)53)38(56)44-24/h3-4,7-8,19,24,26,29-32,35,42,52-53H,5-6,9-18,20-23H2,1-2H3,(H6-,41,43,44,45,46,47,50,51,54,55,56,57)/p+1. The van der Waals surface area contributed by atoms with E-state index in [9.17, 15) is 43.8 Å². The van der Waals surface area contributed by atoms with Crippen LogP contribution in [0.4, 0.5) is 0 Å². The number of nitrogens with zero attached hydrogens (tertiary/aromatic N) is 2. The third-order valence-corrected chi connectivity index (χ3v) is 13.7. The molecule has 3 aliphatic heterocycles. The number of aliphatic hydroxyl groups is 2. The van der Waals surface area contributed by atoms with Crippen LogP contribution in [0.5, 0.6) is 0 Å². The fraction of sp³-hybridized carbons (Fsp3) is 0.625. The van der Waals surface area contributed by atoms with E-state index in [1.54, 1.807) is 0 Å². The lowest BCUT2D eigenvalue weighted by Crippen LogP contribution is -2.58. The molecule has 3 fully saturated rings. The minimum Gasteiger partial charge on any atom is -0.372 e. The number of amides is 7. The number of hydrogen-bond donors (Lipinski definition) is 9. The van der Waals surface area contributed by atoms with Gasteiger partial charge in [0.05, 0.1) is 46.1 Å². The largest absolute Gasteiger partial charge is 0.372 e. The van der Waals surface area contributed by atoms with Crippen molar-refractivity contribution in [3.05, 3.63) is 36.0 Å². The van der Waals surface area contributed by atoms with Gasteiger partial charge in [0, 0.05) is 60.0 Å². The molecular weight excluding hydrogens is 847 g/mol. The van der Waals surface area contributed by atoms with Crippen molar-refractivity contribution in [1.82, 2.24) is 36.5 Å². The van der Waals surface area contributed by atoms with Crippen molar-refractivity contribution in [2.75, 3.05) is 64.5 Å². The zero-order chi connectivity index (χ0) is 44.8. The average Bonchev–Trinajstić information content (AvgIpc) is 3.86. The van der Waals surface area contributed by atoms with Gasteiger partial charge in [0.2, 0.25) is 41.4 Å². The molecule has 0 bridgehead atoms. The Kier molecular flexibility index (Phi) is 18.3. The average molecular weight is 907 g/mol. The number of nitrogens with one attached hydrogen (secondary N) is 6. The lowest BCUT2D eigenvalue weighted by molar-refractivity contribution is -0.917. The Bertz CT molecular complexity index is 1900. The summed E-state index contributed by atoms with van der Waals surface area (Å²) < 4.78 is 12.5. The van der Waals surface area contributed by atoms with Gasteiger partial charge in [-0.05, 0) is 32.3 Å². The molecule has 2 aromatic rings. The molecule has 0 spiro atoms. The molecule has 342 valence electrons. The van der Waals surface area contributed by atoms with Gasteiger partial charge in [-0.2, -0.15) is 0 Å². The highest BCUT2D eigenvalue weighted by molar-refractivity contribution is 8.76. The highest BCUT2D eigenvalue weighted by Gasteiger charge is 2.43. The molecule has 7 amide bonds. The Morgan fingerprint density at radius 2 is 1.71 bits per heavy atom. The minimum absolute atomic E-state index is 0.0159. The second-order valence-corrected chi connectivity index (χ2v) is 18.8. The lowest BCUT2D eigenvalue weighted by Gasteiger charge is -2.37. The number of fused-ring (bicyclic) bond motifs is 2. The number of nitrogens with two attached hydrogens (primary N) is 1. The molecule has 22 heteroatoms. The molecular formula is C40H60N9O11S2+. The molecule has 1 aromatic carbocycles. The van der Waals surface area contributed by atoms with E-state index in [1.165, 1.54) is 33.4 Å². The Hall–Kier alpha value is -4.45. The second kappa shape index (κ2) is 23.3. The molecule has 4 heterocycles. The van der Waals surface area contributed by atoms with E-state index >= 15 is 0 Å². The Morgan fingerprint density at radius 1 is 0.968 bits per heavy atom. The van der Waals surface area contributed by atoms with Crippen LogP contribution in [0.15, 0.2) is 30.5 Å². The molecule has 10 N–H and O–H groups in total. The number of para-hydroxylation sites is 1. The van der Waals surface area contributed by atoms with Crippen molar-refractivity contribution in [1.29, 1.82) is 0 Å². The number of carbonyl (C=O) groups excluding carboxylic acids is 7. The van der Waals surface area contributed by atoms with E-state index in [4.69, 9.17) is 15.2 Å². The monoisotopic (exact) mass is 906 g/mol. The number of aliphatic hydroxyl groups excluding tert-OH is 1. The number of aromatic amines is 1. The Morgan fingerprint density at radius 3 is 2.45 bits per heavy atom. The van der Waals surface area contributed by atoms with Crippen molar-refractivity contribution in [3.8, 4) is 0 Å². The van der Waals surface area contributed by atoms with Crippen molar-refractivity contribution < 1.29 is 57.7 Å². The van der Waals surface area contributed by atoms with Crippen LogP contribution in [0.2, 0.25) is 0 Å². The summed E-state index contributed by atoms with van der Waals surface area (Å²) in [5, 5.41) is 33.4. The Balaban J connectivity index is 1.30. The first-order valence-corrected chi connectivity index (χ1v) is 23.4. The number of unbranched alkanes of at least 4 members (excludes halogenated alkanes) is 1. The first-order chi connectivity index (χ1) is 29.6. The summed E-state index contributed by atoms with van der Waals surface area (Å²) in [6.07, 6.45) is 0.246. The SMILES string of the molecule is CC1NC(=O)C(CC(O)O)NC(=O)CNC(=O)C(CCCC[N+]2(C)CCOCC2)NC(=O)CCSSCC(C(N)=O)NC(=O)C2CC(OCc3c[nH]c4ccccc34)CN2C1=O. The van der Waals surface area contributed by atoms with E-state index in [-0.39, 0.29) is 31.7 Å². The number of rotatable bonds is 11. The van der Waals surface area contributed by atoms with Gasteiger partial charge in [0.15, 0.2) is 6.29 Å². The van der Waals surface area contributed by atoms with E-state index in [2.05, 4.69) is 38.6 Å². The van der Waals surface area contributed by atoms with Gasteiger partial charge in [-0.15, -0.1) is 0 Å². The molecule has 3 aliphatic rings. The molecule has 6 atom stereocenters. The highest BCUT2D eigenvalue weighted by atomic mass is 33.1. The van der Waals surface area contributed by atoms with Crippen LogP contribution >= 0.6 is 21.6 Å². The predicted molar refractivity (Wildman–Crippen MR) is 230 cm³/mol. The summed E-state index contributed by atoms with van der Waals surface area (Å²) in [5.41, 5.74) is 7.47. The summed E-state index contributed by atoms with van der Waals surface area (Å²) in [5.74, 6) is -4.62. The zero-order valence-corrected chi connectivity index (χ0v) is 36.7. The number of carbonyl (C=O) groups is 7. The number of benzene rings is 1. The van der Waals surface area contributed by atoms with Gasteiger partial charge in [0.25, 0.3) is 0 Å². The molecule has 0 radical (unpaired) electrons. The van der Waals surface area contributed by atoms with Crippen LogP contribution in [-0.2, 0) is 49.6 Å². The van der Waals surface area contributed by atoms with Crippen LogP contribution in [0, 0.1) is 0 Å². The number of ether oxygens (including phenoxy) is 2. The van der Waals surface area contributed by atoms with Gasteiger partial charge in [-0.3, -0.25) is 33.6 Å². The summed E-state index contributed by atoms with van der Waals surface area (Å²) in [6.45, 7) is 4.86. The van der Waals surface area contributed by atoms with Crippen LogP contribution in [0.3, 0.4) is 0 Å². The van der Waals surface area contributed by atoms with E-state index in [1.807, 2.05) is 30.5 Å². The van der Waals surface area contributed by atoms with Crippen LogP contribution in [-0.4, -0.2) is 173 Å². The van der Waals surface area contributed by atoms with E-state index < -0.39 is 96.9 Å². The summed E-state index contributed by atoms with van der Waals surface area (Å²) >= 11 is 0. The van der Waals surface area contributed by atoms with Gasteiger partial charge in [-0.1, -0.05) is 39.8 Å². The maximum absolute atomic E-state index is 14.0. The zero-order valence-electron chi connectivity index (χ0n) is 35.1. The van der Waals surface area contributed by atoms with Gasteiger partial charge >= 0.3 is 0 Å². The van der Waals surface area contributed by atoms with Crippen molar-refractivity contribution >= 4 is 73.8 Å². The molecule has 0 aliphatic carbocycles. The third kappa shape index (κ3) is 14.3. The number of morpholine rings is 1. The van der Waals surface area contributed by atoms with Crippen molar-refractivity contribution in [2.45, 2.75) is 94.7 Å². The minimum atomic E-state index is -2.04. The number of likely N-dealkylation sites (N-methyl/N-ethyl adjacent to an activating group) is 1. The van der Waals surface area contributed by atoms with Gasteiger partial charge in [0.1, 0.15) is 43.3 Å². The van der Waals surface area contributed by atoms with Crippen LogP contribution in [0.1, 0.15) is 51.0 Å². The first-order valence-electron chi connectivity index (χ1n) is 20.9. The summed E-state index contributed by atoms with van der Waals surface area (Å²) in [6, 6.07) is 1.58. The lowest BCUT2D eigenvalue weighted by atomic mass is 10.1. The molecule has 5 rings (SSSR count). The fourth-order valence-corrected chi connectivity index (χ4v) is 9.80. The topological polar surface area (TPSA) is 284 Å². The number of hydrogen-bond acceptors (Lipinski definition) is 13. The number of quaternary nitrogens is 1. The van der Waals surface area contributed by atoms with Crippen LogP contribution < -0.4 is 32.3 Å². The molecule has 0 saturated carbocycles. The summed E-state index contributed by atoms with van der Waals surface area (Å²) in [7, 11) is 4.64. The molecule has 1 aromatic heterocycles. The number of primary amides is 1. The third-order valence-electron chi connectivity index (χ3n) is 11.3. The van der Waals surface area contributed by atoms with E-state index in [0.29, 0.717) is 31.8 Å². The van der Waals surface area contributed by atoms with Crippen molar-refractivity contribution in [2.24, 2.45) is 5.73 Å². The van der Waals surface area contributed by atoms with Crippen LogP contribution in [0.25, 0.3) is 10.9 Å². The maximum atomic E-state index is 14.0. The fourth-order valence-electron chi connectivity index (χ4n) is 7.63. The quantitative estimate of drug-likeness (QED) is 0.0530. The van der Waals surface area contributed by atoms with E-state index in [0.717, 1.165) is 47.0 Å². The smallest absolute Gasteiger partial charge is 0.245 e. The van der Waals surface area contributed by atoms with Gasteiger partial charge in [-0.25, -0.2) is 0 Å². The first kappa shape index (κ1) is 48.6. The van der Waals surface area contributed by atoms with Crippen molar-refractivity contribution in [3.63, 3.8) is 0 Å². The predicted octanol–water partition coefficient (Wildman–Crippen LogP) is -1.65. The molecule has 62 heavy (non-hydrogen) atoms. The molecule has 6 unspecified atom stereocenters. The molecule has 3 saturated heterocycles. The second-order valence-electron chi connectivity index (χ2n) is 16.2. The van der Waals surface area contributed by atoms with Gasteiger partial charge < -0.3 is 66.4 Å². The number of H-pyrrole nitrogens is 1. The molecule has 20 nitrogen and oxygen atoms in total.